The van der Waals surface area contributed by atoms with E-state index in [0.29, 0.717) is 5.69 Å². The van der Waals surface area contributed by atoms with Crippen LogP contribution in [0, 0.1) is 0 Å². The van der Waals surface area contributed by atoms with E-state index in [1.54, 1.807) is 12.1 Å². The minimum absolute atomic E-state index is 0.0233. The van der Waals surface area contributed by atoms with E-state index in [-0.39, 0.29) is 16.6 Å². The van der Waals surface area contributed by atoms with E-state index in [0.717, 1.165) is 11.0 Å². The molecule has 0 saturated carbocycles. The highest BCUT2D eigenvalue weighted by atomic mass is 16.3. The Hall–Kier alpha value is -2.36. The first-order chi connectivity index (χ1) is 11.1. The first-order valence-corrected chi connectivity index (χ1v) is 8.28. The van der Waals surface area contributed by atoms with E-state index in [1.165, 1.54) is 15.9 Å². The van der Waals surface area contributed by atoms with Crippen LogP contribution in [0.5, 0.6) is 5.75 Å². The lowest BCUT2D eigenvalue weighted by Gasteiger charge is -2.29. The van der Waals surface area contributed by atoms with Gasteiger partial charge in [0.15, 0.2) is 0 Å². The Morgan fingerprint density at radius 2 is 1.50 bits per heavy atom. The number of phenols is 1. The Morgan fingerprint density at radius 3 is 2.08 bits per heavy atom. The van der Waals surface area contributed by atoms with Gasteiger partial charge in [-0.15, -0.1) is 15.0 Å². The van der Waals surface area contributed by atoms with Gasteiger partial charge in [0.2, 0.25) is 0 Å². The largest absolute Gasteiger partial charge is 0.506 e. The summed E-state index contributed by atoms with van der Waals surface area (Å²) in [7, 11) is 0. The molecule has 3 aromatic rings. The van der Waals surface area contributed by atoms with E-state index in [4.69, 9.17) is 5.10 Å². The van der Waals surface area contributed by atoms with Gasteiger partial charge >= 0.3 is 0 Å². The molecule has 24 heavy (non-hydrogen) atoms. The smallest absolute Gasteiger partial charge is 0.143 e. The first-order valence-electron chi connectivity index (χ1n) is 8.28. The van der Waals surface area contributed by atoms with Crippen molar-refractivity contribution in [2.75, 3.05) is 0 Å². The molecule has 4 heteroatoms. The summed E-state index contributed by atoms with van der Waals surface area (Å²) in [6, 6.07) is 11.3. The quantitative estimate of drug-likeness (QED) is 0.705. The van der Waals surface area contributed by atoms with Crippen molar-refractivity contribution in [3.05, 3.63) is 47.5 Å². The predicted molar refractivity (Wildman–Crippen MR) is 97.9 cm³/mol. The summed E-state index contributed by atoms with van der Waals surface area (Å²) in [4.78, 5) is 1.53. The summed E-state index contributed by atoms with van der Waals surface area (Å²) in [6.07, 6.45) is 0. The summed E-state index contributed by atoms with van der Waals surface area (Å²) in [5, 5.41) is 19.4. The van der Waals surface area contributed by atoms with E-state index in [1.807, 2.05) is 18.2 Å². The average Bonchev–Trinajstić information content (AvgIpc) is 2.88. The maximum atomic E-state index is 10.1. The number of hydrogen-bond donors (Lipinski definition) is 1. The van der Waals surface area contributed by atoms with Crippen LogP contribution >= 0.6 is 0 Å². The molecular weight excluding hydrogens is 298 g/mol. The van der Waals surface area contributed by atoms with Crippen molar-refractivity contribution in [1.82, 2.24) is 15.0 Å². The van der Waals surface area contributed by atoms with Gasteiger partial charge in [-0.3, -0.25) is 0 Å². The van der Waals surface area contributed by atoms with Crippen LogP contribution in [0.2, 0.25) is 0 Å². The van der Waals surface area contributed by atoms with E-state index >= 15 is 0 Å². The van der Waals surface area contributed by atoms with Crippen LogP contribution in [0.3, 0.4) is 0 Å². The van der Waals surface area contributed by atoms with Crippen LogP contribution in [0.25, 0.3) is 16.7 Å². The van der Waals surface area contributed by atoms with E-state index in [9.17, 15) is 5.11 Å². The molecule has 0 saturated heterocycles. The lowest BCUT2D eigenvalue weighted by atomic mass is 9.74. The first kappa shape index (κ1) is 16.5. The summed E-state index contributed by atoms with van der Waals surface area (Å²) in [5.74, 6) is 0.172. The van der Waals surface area contributed by atoms with Gasteiger partial charge < -0.3 is 5.11 Å². The third-order valence-corrected chi connectivity index (χ3v) is 4.21. The highest BCUT2D eigenvalue weighted by Gasteiger charge is 2.29. The molecule has 0 atom stereocenters. The number of phenolic OH excluding ortho intramolecular Hbond substituents is 1. The Kier molecular flexibility index (Phi) is 3.67. The molecule has 0 radical (unpaired) electrons. The topological polar surface area (TPSA) is 50.9 Å². The Labute approximate surface area is 143 Å². The van der Waals surface area contributed by atoms with Gasteiger partial charge in [-0.05, 0) is 40.2 Å². The number of hydrogen-bond acceptors (Lipinski definition) is 3. The Morgan fingerprint density at radius 1 is 0.833 bits per heavy atom. The zero-order valence-corrected chi connectivity index (χ0v) is 15.3. The molecule has 1 heterocycles. The molecule has 0 bridgehead atoms. The molecular formula is C20H25N3O. The molecule has 0 aliphatic heterocycles. The summed E-state index contributed by atoms with van der Waals surface area (Å²) in [5.41, 5.74) is 4.80. The van der Waals surface area contributed by atoms with Crippen LogP contribution in [-0.4, -0.2) is 20.1 Å². The van der Waals surface area contributed by atoms with Gasteiger partial charge in [-0.25, -0.2) is 0 Å². The number of aromatic hydroxyl groups is 1. The van der Waals surface area contributed by atoms with E-state index in [2.05, 4.69) is 52.7 Å². The normalized spacial score (nSPS) is 12.8. The monoisotopic (exact) mass is 323 g/mol. The van der Waals surface area contributed by atoms with Crippen LogP contribution in [0.1, 0.15) is 52.7 Å². The van der Waals surface area contributed by atoms with Crippen molar-refractivity contribution in [3.8, 4) is 11.4 Å². The molecule has 0 amide bonds. The van der Waals surface area contributed by atoms with Gasteiger partial charge in [-0.1, -0.05) is 59.7 Å². The minimum Gasteiger partial charge on any atom is -0.506 e. The molecule has 1 N–H and O–H groups in total. The van der Waals surface area contributed by atoms with Gasteiger partial charge in [-0.2, -0.15) is 0 Å². The number of nitrogens with zero attached hydrogens (tertiary/aromatic N) is 3. The maximum Gasteiger partial charge on any atom is 0.143 e. The summed E-state index contributed by atoms with van der Waals surface area (Å²) >= 11 is 0. The van der Waals surface area contributed by atoms with Crippen molar-refractivity contribution in [2.24, 2.45) is 0 Å². The predicted octanol–water partition coefficient (Wildman–Crippen LogP) is 4.72. The Balaban J connectivity index is 2.33. The van der Waals surface area contributed by atoms with Crippen molar-refractivity contribution in [1.29, 1.82) is 0 Å². The SMILES string of the molecule is CC(C)(C)c1ccc2nn(-c3ccccc3O)nc2c1C(C)(C)C. The number of benzene rings is 2. The number of fused-ring (bicyclic) bond motifs is 1. The molecule has 0 spiro atoms. The fourth-order valence-corrected chi connectivity index (χ4v) is 3.11. The van der Waals surface area contributed by atoms with Crippen molar-refractivity contribution < 1.29 is 5.11 Å². The minimum atomic E-state index is -0.0539. The molecule has 126 valence electrons. The van der Waals surface area contributed by atoms with Gasteiger partial charge in [0.1, 0.15) is 22.5 Å². The summed E-state index contributed by atoms with van der Waals surface area (Å²) in [6.45, 7) is 13.3. The molecule has 0 aliphatic rings. The van der Waals surface area contributed by atoms with Crippen LogP contribution in [0.4, 0.5) is 0 Å². The van der Waals surface area contributed by atoms with Crippen molar-refractivity contribution >= 4 is 11.0 Å². The van der Waals surface area contributed by atoms with Crippen LogP contribution < -0.4 is 0 Å². The second kappa shape index (κ2) is 5.33. The zero-order chi connectivity index (χ0) is 17.7. The van der Waals surface area contributed by atoms with Gasteiger partial charge in [0.25, 0.3) is 0 Å². The fraction of sp³-hybridized carbons (Fsp3) is 0.400. The zero-order valence-electron chi connectivity index (χ0n) is 15.3. The van der Waals surface area contributed by atoms with Crippen molar-refractivity contribution in [3.63, 3.8) is 0 Å². The number of para-hydroxylation sites is 2. The third kappa shape index (κ3) is 2.77. The standard InChI is InChI=1S/C20H25N3O/c1-19(2,3)13-11-12-14-18(17(13)20(4,5)6)22-23(21-14)15-9-7-8-10-16(15)24/h7-12,24H,1-6H3. The molecule has 0 aliphatic carbocycles. The highest BCUT2D eigenvalue weighted by molar-refractivity contribution is 5.81. The van der Waals surface area contributed by atoms with Crippen LogP contribution in [-0.2, 0) is 10.8 Å². The number of aromatic nitrogens is 3. The molecule has 1 aromatic heterocycles. The average molecular weight is 323 g/mol. The second-order valence-electron chi connectivity index (χ2n) is 8.33. The molecule has 0 fully saturated rings. The summed E-state index contributed by atoms with van der Waals surface area (Å²) < 4.78 is 0. The van der Waals surface area contributed by atoms with Crippen LogP contribution in [0.15, 0.2) is 36.4 Å². The fourth-order valence-electron chi connectivity index (χ4n) is 3.11. The molecule has 4 nitrogen and oxygen atoms in total. The number of rotatable bonds is 1. The lowest BCUT2D eigenvalue weighted by molar-refractivity contribution is 0.467. The third-order valence-electron chi connectivity index (χ3n) is 4.21. The van der Waals surface area contributed by atoms with E-state index < -0.39 is 0 Å². The molecule has 3 rings (SSSR count). The Bertz CT molecular complexity index is 895. The molecule has 2 aromatic carbocycles. The van der Waals surface area contributed by atoms with Gasteiger partial charge in [0, 0.05) is 0 Å². The van der Waals surface area contributed by atoms with Crippen molar-refractivity contribution in [2.45, 2.75) is 52.4 Å². The highest BCUT2D eigenvalue weighted by Crippen LogP contribution is 2.38. The lowest BCUT2D eigenvalue weighted by Crippen LogP contribution is -2.22. The second-order valence-corrected chi connectivity index (χ2v) is 8.33. The van der Waals surface area contributed by atoms with Gasteiger partial charge in [0.05, 0.1) is 0 Å². The molecule has 0 unspecified atom stereocenters. The maximum absolute atomic E-state index is 10.1.